The first-order valence-corrected chi connectivity index (χ1v) is 14.3. The lowest BCUT2D eigenvalue weighted by Crippen LogP contribution is -2.37. The van der Waals surface area contributed by atoms with Gasteiger partial charge in [0.2, 0.25) is 5.91 Å². The summed E-state index contributed by atoms with van der Waals surface area (Å²) in [7, 11) is -4.00. The Bertz CT molecular complexity index is 1240. The van der Waals surface area contributed by atoms with Gasteiger partial charge in [-0.3, -0.25) is 14.4 Å². The molecule has 0 unspecified atom stereocenters. The predicted octanol–water partition coefficient (Wildman–Crippen LogP) is 1.91. The van der Waals surface area contributed by atoms with E-state index >= 15 is 0 Å². The Labute approximate surface area is 208 Å². The molecule has 1 aromatic carbocycles. The summed E-state index contributed by atoms with van der Waals surface area (Å²) in [5.74, 6) is -2.88. The van der Waals surface area contributed by atoms with Crippen molar-refractivity contribution in [2.45, 2.75) is 46.1 Å². The van der Waals surface area contributed by atoms with Crippen LogP contribution in [0.2, 0.25) is 0 Å². The number of thiazole rings is 1. The molecule has 1 saturated heterocycles. The van der Waals surface area contributed by atoms with Gasteiger partial charge in [-0.1, -0.05) is 24.2 Å². The number of carbonyl (C=O) groups is 3. The summed E-state index contributed by atoms with van der Waals surface area (Å²) in [6, 6.07) is 5.26. The van der Waals surface area contributed by atoms with E-state index in [0.717, 1.165) is 37.0 Å². The number of carbonyl (C=O) groups excluding carboxylic acids is 3. The molecule has 2 heterocycles. The van der Waals surface area contributed by atoms with Crippen molar-refractivity contribution in [3.8, 4) is 5.75 Å². The molecule has 1 aliphatic rings. The zero-order valence-corrected chi connectivity index (χ0v) is 21.7. The number of sulfone groups is 1. The van der Waals surface area contributed by atoms with Crippen molar-refractivity contribution in [2.75, 3.05) is 37.8 Å². The van der Waals surface area contributed by atoms with Crippen molar-refractivity contribution in [1.29, 1.82) is 0 Å². The van der Waals surface area contributed by atoms with E-state index in [4.69, 9.17) is 9.47 Å². The molecule has 3 rings (SSSR count). The molecular weight excluding hydrogens is 494 g/mol. The topological polar surface area (TPSA) is 124 Å². The fourth-order valence-electron chi connectivity index (χ4n) is 3.86. The number of ether oxygens (including phenoxy) is 2. The molecule has 1 aromatic heterocycles. The standard InChI is InChI=1S/C23H31N3O7S2/c1-3-32-17-9-10-18-19(13-17)34-23(26(18)14-22(29)33-4-2)24-20(27)15-35(30,31)16-21(28)25-11-7-5-6-8-12-25/h9-10,13H,3-8,11-12,14-16H2,1-2H3. The van der Waals surface area contributed by atoms with Gasteiger partial charge in [0.15, 0.2) is 14.6 Å². The third kappa shape index (κ3) is 7.63. The van der Waals surface area contributed by atoms with Crippen molar-refractivity contribution >= 4 is 49.2 Å². The van der Waals surface area contributed by atoms with Gasteiger partial charge in [0, 0.05) is 13.1 Å². The van der Waals surface area contributed by atoms with E-state index in [0.29, 0.717) is 35.7 Å². The number of rotatable bonds is 9. The Morgan fingerprint density at radius 3 is 2.40 bits per heavy atom. The Morgan fingerprint density at radius 2 is 1.74 bits per heavy atom. The van der Waals surface area contributed by atoms with E-state index in [1.165, 1.54) is 4.57 Å². The number of nitrogens with zero attached hydrogens (tertiary/aromatic N) is 3. The number of amides is 2. The van der Waals surface area contributed by atoms with Crippen LogP contribution in [0.25, 0.3) is 10.2 Å². The highest BCUT2D eigenvalue weighted by atomic mass is 32.2. The lowest BCUT2D eigenvalue weighted by molar-refractivity contribution is -0.143. The van der Waals surface area contributed by atoms with Gasteiger partial charge in [-0.2, -0.15) is 4.99 Å². The van der Waals surface area contributed by atoms with Crippen molar-refractivity contribution < 1.29 is 32.3 Å². The molecular formula is C23H31N3O7S2. The second kappa shape index (κ2) is 12.3. The summed E-state index contributed by atoms with van der Waals surface area (Å²) in [6.07, 6.45) is 3.72. The zero-order valence-electron chi connectivity index (χ0n) is 20.0. The maximum Gasteiger partial charge on any atom is 0.326 e. The lowest BCUT2D eigenvalue weighted by Gasteiger charge is -2.19. The first-order chi connectivity index (χ1) is 16.7. The van der Waals surface area contributed by atoms with Crippen LogP contribution in [0, 0.1) is 0 Å². The van der Waals surface area contributed by atoms with Crippen LogP contribution in [0.1, 0.15) is 39.5 Å². The number of aromatic nitrogens is 1. The van der Waals surface area contributed by atoms with Crippen LogP contribution in [0.15, 0.2) is 23.2 Å². The molecule has 0 atom stereocenters. The molecule has 0 radical (unpaired) electrons. The summed E-state index contributed by atoms with van der Waals surface area (Å²) in [5.41, 5.74) is 0.636. The van der Waals surface area contributed by atoms with Gasteiger partial charge in [0.1, 0.15) is 23.8 Å². The second-order valence-corrected chi connectivity index (χ2v) is 11.2. The molecule has 0 bridgehead atoms. The second-order valence-electron chi connectivity index (χ2n) is 8.17. The van der Waals surface area contributed by atoms with Crippen LogP contribution in [-0.4, -0.2) is 73.5 Å². The minimum absolute atomic E-state index is 0.167. The van der Waals surface area contributed by atoms with Gasteiger partial charge in [-0.05, 0) is 44.9 Å². The van der Waals surface area contributed by atoms with Crippen LogP contribution in [0.4, 0.5) is 0 Å². The molecule has 0 N–H and O–H groups in total. The average Bonchev–Trinajstić information content (AvgIpc) is 2.94. The molecule has 1 aliphatic heterocycles. The largest absolute Gasteiger partial charge is 0.494 e. The number of benzene rings is 1. The fraction of sp³-hybridized carbons (Fsp3) is 0.565. The van der Waals surface area contributed by atoms with E-state index in [1.54, 1.807) is 30.0 Å². The maximum absolute atomic E-state index is 12.6. The summed E-state index contributed by atoms with van der Waals surface area (Å²) < 4.78 is 37.9. The van der Waals surface area contributed by atoms with Crippen LogP contribution in [-0.2, 0) is 35.5 Å². The highest BCUT2D eigenvalue weighted by molar-refractivity contribution is 7.92. The quantitative estimate of drug-likeness (QED) is 0.458. The molecule has 2 aromatic rings. The normalized spacial score (nSPS) is 15.1. The van der Waals surface area contributed by atoms with E-state index in [2.05, 4.69) is 4.99 Å². The van der Waals surface area contributed by atoms with Gasteiger partial charge in [-0.15, -0.1) is 0 Å². The molecule has 1 fully saturated rings. The van der Waals surface area contributed by atoms with E-state index in [-0.39, 0.29) is 18.0 Å². The molecule has 0 aliphatic carbocycles. The van der Waals surface area contributed by atoms with Crippen molar-refractivity contribution in [1.82, 2.24) is 9.47 Å². The smallest absolute Gasteiger partial charge is 0.326 e. The summed E-state index contributed by atoms with van der Waals surface area (Å²) >= 11 is 1.13. The van der Waals surface area contributed by atoms with Crippen molar-refractivity contribution in [2.24, 2.45) is 4.99 Å². The fourth-order valence-corrected chi connectivity index (χ4v) is 6.04. The summed E-state index contributed by atoms with van der Waals surface area (Å²) in [4.78, 5) is 43.0. The predicted molar refractivity (Wildman–Crippen MR) is 132 cm³/mol. The highest BCUT2D eigenvalue weighted by Gasteiger charge is 2.25. The monoisotopic (exact) mass is 525 g/mol. The molecule has 0 spiro atoms. The highest BCUT2D eigenvalue weighted by Crippen LogP contribution is 2.23. The molecule has 192 valence electrons. The van der Waals surface area contributed by atoms with Crippen LogP contribution >= 0.6 is 11.3 Å². The molecule has 2 amide bonds. The maximum atomic E-state index is 12.6. The zero-order chi connectivity index (χ0) is 25.4. The number of hydrogen-bond acceptors (Lipinski definition) is 8. The van der Waals surface area contributed by atoms with Crippen molar-refractivity contribution in [3.63, 3.8) is 0 Å². The average molecular weight is 526 g/mol. The Kier molecular flexibility index (Phi) is 9.44. The Hall–Kier alpha value is -2.73. The molecule has 10 nitrogen and oxygen atoms in total. The van der Waals surface area contributed by atoms with Gasteiger partial charge in [-0.25, -0.2) is 8.42 Å². The number of esters is 1. The van der Waals surface area contributed by atoms with Gasteiger partial charge in [0.25, 0.3) is 5.91 Å². The van der Waals surface area contributed by atoms with Crippen molar-refractivity contribution in [3.05, 3.63) is 23.0 Å². The van der Waals surface area contributed by atoms with Crippen LogP contribution in [0.5, 0.6) is 5.75 Å². The van der Waals surface area contributed by atoms with Crippen LogP contribution < -0.4 is 9.54 Å². The van der Waals surface area contributed by atoms with Gasteiger partial charge < -0.3 is 18.9 Å². The molecule has 0 saturated carbocycles. The number of hydrogen-bond donors (Lipinski definition) is 0. The molecule has 35 heavy (non-hydrogen) atoms. The SMILES string of the molecule is CCOC(=O)Cn1c(=NC(=O)CS(=O)(=O)CC(=O)N2CCCCCC2)sc2cc(OCC)ccc21. The summed E-state index contributed by atoms with van der Waals surface area (Å²) in [5, 5.41) is 0. The lowest BCUT2D eigenvalue weighted by atomic mass is 10.2. The Balaban J connectivity index is 1.84. The minimum Gasteiger partial charge on any atom is -0.494 e. The van der Waals surface area contributed by atoms with Crippen LogP contribution in [0.3, 0.4) is 0 Å². The first kappa shape index (κ1) is 26.9. The summed E-state index contributed by atoms with van der Waals surface area (Å²) in [6.45, 7) is 5.10. The van der Waals surface area contributed by atoms with E-state index in [9.17, 15) is 22.8 Å². The number of likely N-dealkylation sites (tertiary alicyclic amines) is 1. The number of fused-ring (bicyclic) bond motifs is 1. The molecule has 12 heteroatoms. The third-order valence-electron chi connectivity index (χ3n) is 5.42. The first-order valence-electron chi connectivity index (χ1n) is 11.7. The Morgan fingerprint density at radius 1 is 1.03 bits per heavy atom. The van der Waals surface area contributed by atoms with Gasteiger partial charge in [0.05, 0.1) is 23.4 Å². The van der Waals surface area contributed by atoms with E-state index < -0.39 is 39.1 Å². The third-order valence-corrected chi connectivity index (χ3v) is 7.84. The van der Waals surface area contributed by atoms with Gasteiger partial charge >= 0.3 is 5.97 Å². The minimum atomic E-state index is -4.00. The van der Waals surface area contributed by atoms with E-state index in [1.807, 2.05) is 6.92 Å².